The maximum atomic E-state index is 13.1. The molecule has 0 radical (unpaired) electrons. The number of benzene rings is 2. The van der Waals surface area contributed by atoms with Gasteiger partial charge in [0.25, 0.3) is 0 Å². The molecule has 15 heteroatoms. The summed E-state index contributed by atoms with van der Waals surface area (Å²) in [6, 6.07) is 7.34. The highest BCUT2D eigenvalue weighted by atomic mass is 16.6. The Morgan fingerprint density at radius 3 is 1.72 bits per heavy atom. The number of carbonyl (C=O) groups excluding carboxylic acids is 3. The maximum Gasteiger partial charge on any atom is 0.420 e. The number of nitrogens with zero attached hydrogens (tertiary/aromatic N) is 5. The Kier molecular flexibility index (Phi) is 11.3. The normalized spacial score (nSPS) is 15.1. The van der Waals surface area contributed by atoms with Gasteiger partial charge in [-0.25, -0.2) is 28.9 Å². The molecular weight excluding hydrogens is 745 g/mol. The van der Waals surface area contributed by atoms with Gasteiger partial charge in [-0.3, -0.25) is 0 Å². The number of nitrogens with one attached hydrogen (secondary N) is 1. The Labute approximate surface area is 335 Å². The number of H-pyrrole nitrogens is 1. The van der Waals surface area contributed by atoms with Crippen LogP contribution in [-0.4, -0.2) is 80.9 Å². The van der Waals surface area contributed by atoms with Crippen LogP contribution in [0.15, 0.2) is 33.3 Å². The summed E-state index contributed by atoms with van der Waals surface area (Å²) < 4.78 is 32.6. The molecule has 2 saturated carbocycles. The second kappa shape index (κ2) is 16.2. The molecule has 1 saturated heterocycles. The molecule has 0 unspecified atom stereocenters. The standard InChI is InChI=1S/C22H25N3O5.C17H17N3O3.C4H8O/c1-11-17(12(2)30-24-11)14-9-15(20(26)28-6)18-16(10-14)25(19(23-18)13-7-8-13)21(27)29-22(3,4)5;1-8-14(9(2)23-20-8)11-6-12(17(21)22-3)15-13(7-11)18-16(19-15)10-4-5-10;1-2-4-5-3-1/h9-10,13H,7-8H2,1-6H3;6-7,10H,4-5H2,1-3H3,(H,18,19);1-4H2. The van der Waals surface area contributed by atoms with Crippen molar-refractivity contribution in [2.45, 2.75) is 104 Å². The van der Waals surface area contributed by atoms with E-state index in [1.165, 1.54) is 31.6 Å². The summed E-state index contributed by atoms with van der Waals surface area (Å²) in [7, 11) is 2.70. The van der Waals surface area contributed by atoms with Gasteiger partial charge in [-0.1, -0.05) is 10.3 Å². The van der Waals surface area contributed by atoms with Crippen LogP contribution in [0.2, 0.25) is 0 Å². The number of aromatic amines is 1. The van der Waals surface area contributed by atoms with Gasteiger partial charge in [-0.2, -0.15) is 0 Å². The predicted octanol–water partition coefficient (Wildman–Crippen LogP) is 9.05. The molecule has 5 heterocycles. The molecule has 15 nitrogen and oxygen atoms in total. The van der Waals surface area contributed by atoms with E-state index in [9.17, 15) is 14.4 Å². The van der Waals surface area contributed by atoms with Gasteiger partial charge in [0.05, 0.1) is 47.8 Å². The zero-order chi connectivity index (χ0) is 41.5. The van der Waals surface area contributed by atoms with Crippen molar-refractivity contribution in [3.8, 4) is 22.3 Å². The van der Waals surface area contributed by atoms with E-state index < -0.39 is 23.6 Å². The van der Waals surface area contributed by atoms with Gasteiger partial charge in [0, 0.05) is 36.2 Å². The number of rotatable bonds is 6. The van der Waals surface area contributed by atoms with E-state index in [1.54, 1.807) is 19.1 Å². The van der Waals surface area contributed by atoms with Crippen LogP contribution in [0.3, 0.4) is 0 Å². The average Bonchev–Trinajstić information content (AvgIpc) is 3.93. The van der Waals surface area contributed by atoms with Crippen molar-refractivity contribution in [2.24, 2.45) is 0 Å². The van der Waals surface area contributed by atoms with E-state index in [1.807, 2.05) is 53.7 Å². The summed E-state index contributed by atoms with van der Waals surface area (Å²) in [5, 5.41) is 8.01. The highest BCUT2D eigenvalue weighted by Gasteiger charge is 2.35. The molecule has 2 aliphatic carbocycles. The van der Waals surface area contributed by atoms with Gasteiger partial charge in [0.2, 0.25) is 0 Å². The van der Waals surface area contributed by atoms with E-state index in [0.29, 0.717) is 50.9 Å². The van der Waals surface area contributed by atoms with Gasteiger partial charge in [-0.05, 0) is 122 Å². The van der Waals surface area contributed by atoms with Crippen LogP contribution >= 0.6 is 0 Å². The zero-order valence-corrected chi connectivity index (χ0v) is 34.5. The molecule has 58 heavy (non-hydrogen) atoms. The summed E-state index contributed by atoms with van der Waals surface area (Å²) in [5.74, 6) is 2.63. The molecule has 3 fully saturated rings. The van der Waals surface area contributed by atoms with Gasteiger partial charge in [-0.15, -0.1) is 0 Å². The lowest BCUT2D eigenvalue weighted by Gasteiger charge is -2.20. The zero-order valence-electron chi connectivity index (χ0n) is 34.5. The number of esters is 2. The summed E-state index contributed by atoms with van der Waals surface area (Å²) in [6.45, 7) is 14.8. The molecule has 9 rings (SSSR count). The van der Waals surface area contributed by atoms with Crippen molar-refractivity contribution < 1.29 is 42.4 Å². The molecule has 2 aromatic carbocycles. The smallest absolute Gasteiger partial charge is 0.420 e. The number of hydrogen-bond donors (Lipinski definition) is 1. The number of methoxy groups -OCH3 is 2. The lowest BCUT2D eigenvalue weighted by Crippen LogP contribution is -2.28. The molecule has 4 aromatic heterocycles. The van der Waals surface area contributed by atoms with Crippen LogP contribution in [0.5, 0.6) is 0 Å². The van der Waals surface area contributed by atoms with Crippen LogP contribution in [0.1, 0.15) is 126 Å². The highest BCUT2D eigenvalue weighted by Crippen LogP contribution is 2.43. The van der Waals surface area contributed by atoms with Gasteiger partial charge in [0.1, 0.15) is 39.8 Å². The molecule has 1 aliphatic heterocycles. The van der Waals surface area contributed by atoms with Crippen LogP contribution in [0.25, 0.3) is 44.3 Å². The van der Waals surface area contributed by atoms with Crippen LogP contribution in [-0.2, 0) is 18.9 Å². The van der Waals surface area contributed by atoms with E-state index >= 15 is 0 Å². The molecule has 0 amide bonds. The second-order valence-electron chi connectivity index (χ2n) is 16.0. The lowest BCUT2D eigenvalue weighted by molar-refractivity contribution is 0.0535. The Hall–Kier alpha value is -5.83. The number of fused-ring (bicyclic) bond motifs is 2. The minimum atomic E-state index is -0.668. The quantitative estimate of drug-likeness (QED) is 0.124. The lowest BCUT2D eigenvalue weighted by atomic mass is 10.0. The van der Waals surface area contributed by atoms with Gasteiger partial charge >= 0.3 is 18.0 Å². The largest absolute Gasteiger partial charge is 0.465 e. The number of hydrogen-bond acceptors (Lipinski definition) is 13. The number of ether oxygens (including phenoxy) is 4. The van der Waals surface area contributed by atoms with E-state index in [4.69, 9.17) is 28.0 Å². The minimum Gasteiger partial charge on any atom is -0.465 e. The SMILES string of the molecule is C1CCOC1.COC(=O)c1cc(-c2c(C)noc2C)cc2[nH]c(C3CC3)nc12.COC(=O)c1cc(-c2c(C)noc2C)cc2c1nc(C1CC1)n2C(=O)OC(C)(C)C. The Balaban J connectivity index is 0.000000161. The molecule has 0 bridgehead atoms. The third-order valence-corrected chi connectivity index (χ3v) is 10.2. The fourth-order valence-corrected chi connectivity index (χ4v) is 7.12. The first-order valence-corrected chi connectivity index (χ1v) is 19.6. The molecule has 306 valence electrons. The van der Waals surface area contributed by atoms with Crippen molar-refractivity contribution in [1.82, 2.24) is 29.8 Å². The van der Waals surface area contributed by atoms with Crippen molar-refractivity contribution in [3.63, 3.8) is 0 Å². The van der Waals surface area contributed by atoms with E-state index in [-0.39, 0.29) is 11.5 Å². The predicted molar refractivity (Wildman–Crippen MR) is 214 cm³/mol. The second-order valence-corrected chi connectivity index (χ2v) is 16.0. The van der Waals surface area contributed by atoms with Crippen molar-refractivity contribution in [3.05, 3.63) is 69.9 Å². The third-order valence-electron chi connectivity index (χ3n) is 10.2. The number of carbonyl (C=O) groups is 3. The number of aromatic nitrogens is 6. The Morgan fingerprint density at radius 2 is 1.28 bits per heavy atom. The topological polar surface area (TPSA) is 187 Å². The van der Waals surface area contributed by atoms with Crippen molar-refractivity contribution in [1.29, 1.82) is 0 Å². The maximum absolute atomic E-state index is 13.1. The van der Waals surface area contributed by atoms with Crippen molar-refractivity contribution >= 4 is 40.1 Å². The van der Waals surface area contributed by atoms with Crippen LogP contribution < -0.4 is 0 Å². The number of aryl methyl sites for hydroxylation is 4. The van der Waals surface area contributed by atoms with E-state index in [2.05, 4.69) is 25.3 Å². The summed E-state index contributed by atoms with van der Waals surface area (Å²) in [5.41, 5.74) is 7.23. The van der Waals surface area contributed by atoms with Crippen LogP contribution in [0.4, 0.5) is 4.79 Å². The van der Waals surface area contributed by atoms with Crippen LogP contribution in [0, 0.1) is 27.7 Å². The monoisotopic (exact) mass is 794 g/mol. The third kappa shape index (κ3) is 8.40. The first-order valence-electron chi connectivity index (χ1n) is 19.6. The van der Waals surface area contributed by atoms with Gasteiger partial charge in [0.15, 0.2) is 0 Å². The average molecular weight is 795 g/mol. The summed E-state index contributed by atoms with van der Waals surface area (Å²) in [4.78, 5) is 50.6. The fraction of sp³-hybridized carbons (Fsp3) is 0.465. The molecule has 6 aromatic rings. The molecular formula is C43H50N6O9. The highest BCUT2D eigenvalue weighted by molar-refractivity contribution is 6.06. The fourth-order valence-electron chi connectivity index (χ4n) is 7.12. The Morgan fingerprint density at radius 1 is 0.741 bits per heavy atom. The minimum absolute atomic E-state index is 0.165. The summed E-state index contributed by atoms with van der Waals surface area (Å²) in [6.07, 6.45) is 6.21. The first kappa shape index (κ1) is 40.4. The molecule has 3 aliphatic rings. The van der Waals surface area contributed by atoms with Crippen molar-refractivity contribution in [2.75, 3.05) is 27.4 Å². The Bertz CT molecular complexity index is 2460. The number of imidazole rings is 2. The molecule has 0 spiro atoms. The first-order chi connectivity index (χ1) is 27.7. The van der Waals surface area contributed by atoms with E-state index in [0.717, 1.165) is 78.4 Å². The summed E-state index contributed by atoms with van der Waals surface area (Å²) >= 11 is 0. The molecule has 1 N–H and O–H groups in total. The molecule has 0 atom stereocenters. The van der Waals surface area contributed by atoms with Gasteiger partial charge < -0.3 is 33.0 Å².